The van der Waals surface area contributed by atoms with Crippen molar-refractivity contribution in [2.75, 3.05) is 17.7 Å². The van der Waals surface area contributed by atoms with Crippen molar-refractivity contribution in [3.05, 3.63) is 29.4 Å². The Hall–Kier alpha value is -1.96. The van der Waals surface area contributed by atoms with Gasteiger partial charge in [0.25, 0.3) is 0 Å². The zero-order valence-corrected chi connectivity index (χ0v) is 15.0. The molecule has 0 amide bonds. The maximum Gasteiger partial charge on any atom is 0.223 e. The Morgan fingerprint density at radius 2 is 2.08 bits per heavy atom. The van der Waals surface area contributed by atoms with E-state index in [-0.39, 0.29) is 18.6 Å². The van der Waals surface area contributed by atoms with Gasteiger partial charge in [-0.3, -0.25) is 0 Å². The summed E-state index contributed by atoms with van der Waals surface area (Å²) in [5.41, 5.74) is 7.41. The molecule has 1 aliphatic rings. The number of thiazole rings is 1. The minimum absolute atomic E-state index is 0.133. The van der Waals surface area contributed by atoms with Crippen molar-refractivity contribution < 1.29 is 5.11 Å². The van der Waals surface area contributed by atoms with Crippen LogP contribution >= 0.6 is 22.9 Å². The van der Waals surface area contributed by atoms with Crippen LogP contribution < -0.4 is 11.1 Å². The monoisotopic (exact) mass is 375 g/mol. The quantitative estimate of drug-likeness (QED) is 0.603. The number of hydrogen-bond acceptors (Lipinski definition) is 7. The molecule has 6 nitrogen and oxygen atoms in total. The average Bonchev–Trinajstić information content (AvgIpc) is 3.20. The Labute approximate surface area is 154 Å². The Morgan fingerprint density at radius 3 is 2.84 bits per heavy atom. The van der Waals surface area contributed by atoms with Gasteiger partial charge in [0.2, 0.25) is 5.95 Å². The van der Waals surface area contributed by atoms with Crippen LogP contribution in [0.5, 0.6) is 0 Å². The van der Waals surface area contributed by atoms with E-state index >= 15 is 0 Å². The molecule has 1 aromatic carbocycles. The van der Waals surface area contributed by atoms with E-state index in [4.69, 9.17) is 17.3 Å². The molecule has 2 atom stereocenters. The second kappa shape index (κ2) is 6.74. The lowest BCUT2D eigenvalue weighted by atomic mass is 10.1. The summed E-state index contributed by atoms with van der Waals surface area (Å²) in [4.78, 5) is 13.1. The van der Waals surface area contributed by atoms with Gasteiger partial charge in [-0.25, -0.2) is 9.97 Å². The molecule has 1 aliphatic carbocycles. The van der Waals surface area contributed by atoms with Gasteiger partial charge >= 0.3 is 0 Å². The topological polar surface area (TPSA) is 97.0 Å². The summed E-state index contributed by atoms with van der Waals surface area (Å²) in [6.45, 7) is 0.218. The first-order valence-corrected chi connectivity index (χ1v) is 9.40. The first-order valence-electron chi connectivity index (χ1n) is 8.20. The lowest BCUT2D eigenvalue weighted by molar-refractivity contribution is 0.229. The lowest BCUT2D eigenvalue weighted by Crippen LogP contribution is -2.18. The van der Waals surface area contributed by atoms with Crippen molar-refractivity contribution in [3.63, 3.8) is 0 Å². The maximum absolute atomic E-state index is 9.35. The minimum atomic E-state index is 0.133. The zero-order chi connectivity index (χ0) is 17.4. The van der Waals surface area contributed by atoms with Crippen LogP contribution in [0, 0.1) is 5.92 Å². The maximum atomic E-state index is 9.35. The number of nitrogens with one attached hydrogen (secondary N) is 1. The second-order valence-corrected chi connectivity index (χ2v) is 7.67. The summed E-state index contributed by atoms with van der Waals surface area (Å²) in [5, 5.41) is 13.9. The standard InChI is InChI=1S/C17H18ClN5OS/c18-14-13(16-21-11-3-1-2-4-12(11)25-16)15(23-17(19)22-14)20-10-6-5-9(7-10)8-24/h1-4,9-10,24H,5-8H2,(H3,19,20,22,23). The largest absolute Gasteiger partial charge is 0.396 e. The van der Waals surface area contributed by atoms with Crippen LogP contribution in [0.3, 0.4) is 0 Å². The molecule has 1 fully saturated rings. The van der Waals surface area contributed by atoms with Crippen LogP contribution in [0.1, 0.15) is 19.3 Å². The summed E-state index contributed by atoms with van der Waals surface area (Å²) in [6, 6.07) is 8.17. The molecule has 2 aromatic heterocycles. The van der Waals surface area contributed by atoms with E-state index in [2.05, 4.69) is 20.3 Å². The molecule has 2 heterocycles. The summed E-state index contributed by atoms with van der Waals surface area (Å²) in [5.74, 6) is 1.08. The molecule has 0 saturated heterocycles. The predicted octanol–water partition coefficient (Wildman–Crippen LogP) is 3.56. The summed E-state index contributed by atoms with van der Waals surface area (Å²) in [6.07, 6.45) is 2.88. The number of nitrogens with two attached hydrogens (primary N) is 1. The van der Waals surface area contributed by atoms with E-state index in [9.17, 15) is 5.11 Å². The normalized spacial score (nSPS) is 20.2. The van der Waals surface area contributed by atoms with Crippen LogP contribution in [0.4, 0.5) is 11.8 Å². The molecule has 3 aromatic rings. The van der Waals surface area contributed by atoms with E-state index < -0.39 is 0 Å². The van der Waals surface area contributed by atoms with Crippen molar-refractivity contribution in [1.82, 2.24) is 15.0 Å². The number of rotatable bonds is 4. The highest BCUT2D eigenvalue weighted by molar-refractivity contribution is 7.21. The van der Waals surface area contributed by atoms with Gasteiger partial charge in [-0.1, -0.05) is 23.7 Å². The summed E-state index contributed by atoms with van der Waals surface area (Å²) < 4.78 is 1.08. The predicted molar refractivity (Wildman–Crippen MR) is 102 cm³/mol. The third-order valence-corrected chi connectivity index (χ3v) is 5.86. The number of aliphatic hydroxyl groups is 1. The highest BCUT2D eigenvalue weighted by atomic mass is 35.5. The fourth-order valence-corrected chi connectivity index (χ4v) is 4.62. The molecule has 1 saturated carbocycles. The minimum Gasteiger partial charge on any atom is -0.396 e. The van der Waals surface area contributed by atoms with Gasteiger partial charge in [-0.05, 0) is 37.3 Å². The number of aromatic nitrogens is 3. The second-order valence-electron chi connectivity index (χ2n) is 6.29. The van der Waals surface area contributed by atoms with Gasteiger partial charge in [0.05, 0.1) is 15.8 Å². The van der Waals surface area contributed by atoms with Gasteiger partial charge < -0.3 is 16.2 Å². The first-order chi connectivity index (χ1) is 12.1. The molecule has 4 rings (SSSR count). The number of anilines is 2. The van der Waals surface area contributed by atoms with Crippen molar-refractivity contribution in [1.29, 1.82) is 0 Å². The number of nitrogen functional groups attached to an aromatic ring is 1. The molecule has 8 heteroatoms. The van der Waals surface area contributed by atoms with Crippen LogP contribution in [0.25, 0.3) is 20.8 Å². The SMILES string of the molecule is Nc1nc(Cl)c(-c2nc3ccccc3s2)c(NC2CCC(CO)C2)n1. The van der Waals surface area contributed by atoms with Gasteiger partial charge in [0, 0.05) is 12.6 Å². The van der Waals surface area contributed by atoms with Crippen molar-refractivity contribution in [2.45, 2.75) is 25.3 Å². The van der Waals surface area contributed by atoms with E-state index in [1.807, 2.05) is 24.3 Å². The highest BCUT2D eigenvalue weighted by Crippen LogP contribution is 2.39. The number of nitrogens with zero attached hydrogens (tertiary/aromatic N) is 3. The van der Waals surface area contributed by atoms with Crippen molar-refractivity contribution >= 4 is 44.9 Å². The van der Waals surface area contributed by atoms with Crippen LogP contribution in [-0.2, 0) is 0 Å². The van der Waals surface area contributed by atoms with E-state index in [1.165, 1.54) is 0 Å². The Bertz CT molecular complexity index is 882. The summed E-state index contributed by atoms with van der Waals surface area (Å²) in [7, 11) is 0. The van der Waals surface area contributed by atoms with E-state index in [0.717, 1.165) is 34.5 Å². The molecule has 0 spiro atoms. The number of para-hydroxylation sites is 1. The molecular formula is C17H18ClN5OS. The molecule has 25 heavy (non-hydrogen) atoms. The van der Waals surface area contributed by atoms with Crippen LogP contribution in [-0.4, -0.2) is 32.7 Å². The smallest absolute Gasteiger partial charge is 0.223 e. The fraction of sp³-hybridized carbons (Fsp3) is 0.353. The van der Waals surface area contributed by atoms with Gasteiger partial charge in [0.1, 0.15) is 16.0 Å². The molecule has 0 bridgehead atoms. The zero-order valence-electron chi connectivity index (χ0n) is 13.4. The summed E-state index contributed by atoms with van der Waals surface area (Å²) >= 11 is 7.94. The van der Waals surface area contributed by atoms with E-state index in [1.54, 1.807) is 11.3 Å². The average molecular weight is 376 g/mol. The number of fused-ring (bicyclic) bond motifs is 1. The molecule has 0 aliphatic heterocycles. The van der Waals surface area contributed by atoms with Crippen molar-refractivity contribution in [2.24, 2.45) is 5.92 Å². The van der Waals surface area contributed by atoms with Gasteiger partial charge in [-0.15, -0.1) is 11.3 Å². The Kier molecular flexibility index (Phi) is 4.45. The van der Waals surface area contributed by atoms with Crippen LogP contribution in [0.2, 0.25) is 5.15 Å². The first kappa shape index (κ1) is 16.5. The van der Waals surface area contributed by atoms with Gasteiger partial charge in [-0.2, -0.15) is 4.98 Å². The number of aliphatic hydroxyl groups excluding tert-OH is 1. The molecule has 0 radical (unpaired) electrons. The number of halogens is 1. The molecule has 4 N–H and O–H groups in total. The highest BCUT2D eigenvalue weighted by Gasteiger charge is 2.26. The van der Waals surface area contributed by atoms with Gasteiger partial charge in [0.15, 0.2) is 0 Å². The lowest BCUT2D eigenvalue weighted by Gasteiger charge is -2.16. The molecule has 2 unspecified atom stereocenters. The Morgan fingerprint density at radius 1 is 1.24 bits per heavy atom. The number of benzene rings is 1. The van der Waals surface area contributed by atoms with E-state index in [0.29, 0.717) is 22.5 Å². The van der Waals surface area contributed by atoms with Crippen molar-refractivity contribution in [3.8, 4) is 10.6 Å². The Balaban J connectivity index is 1.73. The van der Waals surface area contributed by atoms with Crippen LogP contribution in [0.15, 0.2) is 24.3 Å². The fourth-order valence-electron chi connectivity index (χ4n) is 3.29. The number of hydrogen-bond donors (Lipinski definition) is 3. The molecule has 130 valence electrons. The molecular weight excluding hydrogens is 358 g/mol. The third kappa shape index (κ3) is 3.27. The third-order valence-electron chi connectivity index (χ3n) is 4.53.